The zero-order valence-corrected chi connectivity index (χ0v) is 22.0. The van der Waals surface area contributed by atoms with E-state index < -0.39 is 10.0 Å². The first-order chi connectivity index (χ1) is 16.6. The van der Waals surface area contributed by atoms with Gasteiger partial charge >= 0.3 is 0 Å². The van der Waals surface area contributed by atoms with Crippen molar-refractivity contribution >= 4 is 38.8 Å². The van der Waals surface area contributed by atoms with Crippen LogP contribution in [0.15, 0.2) is 70.9 Å². The molecule has 0 unspecified atom stereocenters. The summed E-state index contributed by atoms with van der Waals surface area (Å²) >= 11 is 7.89. The molecule has 1 N–H and O–H groups in total. The Hall–Kier alpha value is -3.14. The first kappa shape index (κ1) is 25.0. The molecule has 0 aliphatic heterocycles. The number of benzene rings is 2. The van der Waals surface area contributed by atoms with Gasteiger partial charge in [-0.05, 0) is 46.7 Å². The van der Waals surface area contributed by atoms with Crippen LogP contribution in [0.1, 0.15) is 26.3 Å². The van der Waals surface area contributed by atoms with Crippen LogP contribution in [0, 0.1) is 0 Å². The van der Waals surface area contributed by atoms with E-state index in [1.165, 1.54) is 18.4 Å². The maximum atomic E-state index is 13.3. The Morgan fingerprint density at radius 2 is 1.69 bits per heavy atom. The van der Waals surface area contributed by atoms with Crippen LogP contribution in [0.4, 0.5) is 5.82 Å². The van der Waals surface area contributed by atoms with Gasteiger partial charge in [0.05, 0.1) is 16.9 Å². The topological polar surface area (TPSA) is 90.4 Å². The number of hydrogen-bond acceptors (Lipinski definition) is 7. The average Bonchev–Trinajstić information content (AvgIpc) is 3.36. The minimum Gasteiger partial charge on any atom is -0.497 e. The van der Waals surface area contributed by atoms with Crippen molar-refractivity contribution in [3.05, 3.63) is 76.8 Å². The molecule has 35 heavy (non-hydrogen) atoms. The van der Waals surface area contributed by atoms with Crippen molar-refractivity contribution < 1.29 is 17.9 Å². The fourth-order valence-corrected chi connectivity index (χ4v) is 5.07. The van der Waals surface area contributed by atoms with Crippen molar-refractivity contribution in [1.82, 2.24) is 9.97 Å². The van der Waals surface area contributed by atoms with E-state index >= 15 is 0 Å². The molecular weight excluding hydrogens is 506 g/mol. The smallest absolute Gasteiger partial charge is 0.263 e. The third kappa shape index (κ3) is 5.75. The summed E-state index contributed by atoms with van der Waals surface area (Å²) in [5.41, 5.74) is 0.909. The van der Waals surface area contributed by atoms with Gasteiger partial charge in [0.2, 0.25) is 5.75 Å². The van der Waals surface area contributed by atoms with Gasteiger partial charge in [-0.15, -0.1) is 11.3 Å². The predicted octanol–water partition coefficient (Wildman–Crippen LogP) is 6.76. The maximum absolute atomic E-state index is 13.3. The number of thiophene rings is 1. The average molecular weight is 530 g/mol. The summed E-state index contributed by atoms with van der Waals surface area (Å²) in [4.78, 5) is 9.60. The summed E-state index contributed by atoms with van der Waals surface area (Å²) in [5, 5.41) is 1.83. The van der Waals surface area contributed by atoms with Crippen molar-refractivity contribution in [2.75, 3.05) is 11.8 Å². The highest BCUT2D eigenvalue weighted by atomic mass is 35.5. The van der Waals surface area contributed by atoms with Crippen molar-refractivity contribution in [2.45, 2.75) is 31.1 Å². The van der Waals surface area contributed by atoms with Crippen LogP contribution in [-0.4, -0.2) is 25.5 Å². The molecule has 7 nitrogen and oxygen atoms in total. The highest BCUT2D eigenvalue weighted by Crippen LogP contribution is 2.38. The normalized spacial score (nSPS) is 11.8. The van der Waals surface area contributed by atoms with E-state index in [-0.39, 0.29) is 32.9 Å². The van der Waals surface area contributed by atoms with Gasteiger partial charge in [0, 0.05) is 6.07 Å². The second-order valence-electron chi connectivity index (χ2n) is 8.65. The van der Waals surface area contributed by atoms with E-state index in [2.05, 4.69) is 35.5 Å². The van der Waals surface area contributed by atoms with Gasteiger partial charge in [0.25, 0.3) is 10.0 Å². The van der Waals surface area contributed by atoms with E-state index in [0.717, 1.165) is 10.4 Å². The number of halogens is 1. The van der Waals surface area contributed by atoms with Crippen molar-refractivity contribution in [3.63, 3.8) is 0 Å². The molecule has 4 rings (SSSR count). The Balaban J connectivity index is 1.76. The summed E-state index contributed by atoms with van der Waals surface area (Å²) in [5.74, 6) is 1.14. The number of sulfonamides is 1. The van der Waals surface area contributed by atoms with Crippen LogP contribution in [0.2, 0.25) is 5.15 Å². The second kappa shape index (κ2) is 9.85. The lowest BCUT2D eigenvalue weighted by atomic mass is 9.87. The Morgan fingerprint density at radius 1 is 0.971 bits per heavy atom. The number of rotatable bonds is 7. The molecule has 2 aromatic carbocycles. The largest absolute Gasteiger partial charge is 0.497 e. The summed E-state index contributed by atoms with van der Waals surface area (Å²) < 4.78 is 40.3. The van der Waals surface area contributed by atoms with Gasteiger partial charge in [-0.2, -0.15) is 0 Å². The van der Waals surface area contributed by atoms with Crippen molar-refractivity contribution in [1.29, 1.82) is 0 Å². The first-order valence-corrected chi connectivity index (χ1v) is 13.4. The van der Waals surface area contributed by atoms with E-state index in [1.807, 2.05) is 17.5 Å². The number of ether oxygens (including phenoxy) is 2. The molecular formula is C25H24ClN3O4S2. The molecule has 0 bridgehead atoms. The zero-order valence-electron chi connectivity index (χ0n) is 19.6. The molecule has 2 heterocycles. The number of nitrogens with zero attached hydrogens (tertiary/aromatic N) is 2. The second-order valence-corrected chi connectivity index (χ2v) is 11.6. The van der Waals surface area contributed by atoms with E-state index in [0.29, 0.717) is 11.5 Å². The Kier molecular flexibility index (Phi) is 7.02. The molecule has 10 heteroatoms. The SMILES string of the molecule is COc1cccc(Oc2c(Cl)nc(-c3cccs3)nc2NS(=O)(=O)c2ccc(C(C)(C)C)cc2)c1. The van der Waals surface area contributed by atoms with Crippen molar-refractivity contribution in [2.24, 2.45) is 0 Å². The standard InChI is InChI=1S/C25H24ClN3O4S2/c1-25(2,3)16-10-12-19(13-11-16)35(30,31)29-24-21(33-18-8-5-7-17(15-18)32-4)22(26)27-23(28-24)20-9-6-14-34-20/h5-15H,1-4H3,(H,27,28,29). The molecule has 0 saturated heterocycles. The number of aromatic nitrogens is 2. The number of nitrogens with one attached hydrogen (secondary N) is 1. The van der Waals surface area contributed by atoms with Crippen LogP contribution in [0.3, 0.4) is 0 Å². The fourth-order valence-electron chi connectivity index (χ4n) is 3.20. The quantitative estimate of drug-likeness (QED) is 0.266. The van der Waals surface area contributed by atoms with Gasteiger partial charge < -0.3 is 9.47 Å². The fraction of sp³-hybridized carbons (Fsp3) is 0.200. The molecule has 0 saturated carbocycles. The monoisotopic (exact) mass is 529 g/mol. The number of anilines is 1. The Labute approximate surface area is 213 Å². The third-order valence-corrected chi connectivity index (χ3v) is 7.57. The summed E-state index contributed by atoms with van der Waals surface area (Å²) in [6.45, 7) is 6.18. The van der Waals surface area contributed by atoms with E-state index in [1.54, 1.807) is 48.5 Å². The minimum atomic E-state index is -4.01. The number of methoxy groups -OCH3 is 1. The Morgan fingerprint density at radius 3 is 2.31 bits per heavy atom. The lowest BCUT2D eigenvalue weighted by Gasteiger charge is -2.19. The van der Waals surface area contributed by atoms with Gasteiger partial charge in [-0.3, -0.25) is 4.72 Å². The van der Waals surface area contributed by atoms with Gasteiger partial charge in [0.15, 0.2) is 16.8 Å². The van der Waals surface area contributed by atoms with Crippen LogP contribution in [0.5, 0.6) is 17.2 Å². The molecule has 4 aromatic rings. The molecule has 0 radical (unpaired) electrons. The van der Waals surface area contributed by atoms with E-state index in [4.69, 9.17) is 21.1 Å². The summed E-state index contributed by atoms with van der Waals surface area (Å²) in [7, 11) is -2.47. The zero-order chi connectivity index (χ0) is 25.2. The predicted molar refractivity (Wildman–Crippen MR) is 139 cm³/mol. The minimum absolute atomic E-state index is 0.0184. The molecule has 0 aliphatic rings. The van der Waals surface area contributed by atoms with E-state index in [9.17, 15) is 8.42 Å². The lowest BCUT2D eigenvalue weighted by Crippen LogP contribution is -2.16. The summed E-state index contributed by atoms with van der Waals surface area (Å²) in [6, 6.07) is 17.2. The Bertz CT molecular complexity index is 1430. The van der Waals surface area contributed by atoms with Gasteiger partial charge in [0.1, 0.15) is 11.5 Å². The summed E-state index contributed by atoms with van der Waals surface area (Å²) in [6.07, 6.45) is 0. The molecule has 2 aromatic heterocycles. The van der Waals surface area contributed by atoms with Crippen LogP contribution in [0.25, 0.3) is 10.7 Å². The number of hydrogen-bond donors (Lipinski definition) is 1. The molecule has 0 amide bonds. The third-order valence-electron chi connectivity index (χ3n) is 5.09. The van der Waals surface area contributed by atoms with Crippen molar-refractivity contribution in [3.8, 4) is 28.0 Å². The lowest BCUT2D eigenvalue weighted by molar-refractivity contribution is 0.409. The maximum Gasteiger partial charge on any atom is 0.263 e. The van der Waals surface area contributed by atoms with Gasteiger partial charge in [-0.25, -0.2) is 18.4 Å². The van der Waals surface area contributed by atoms with Crippen LogP contribution in [-0.2, 0) is 15.4 Å². The molecule has 0 atom stereocenters. The molecule has 0 fully saturated rings. The molecule has 0 aliphatic carbocycles. The first-order valence-electron chi connectivity index (χ1n) is 10.6. The highest BCUT2D eigenvalue weighted by molar-refractivity contribution is 7.92. The van der Waals surface area contributed by atoms with Crippen LogP contribution >= 0.6 is 22.9 Å². The molecule has 182 valence electrons. The van der Waals surface area contributed by atoms with Crippen LogP contribution < -0.4 is 14.2 Å². The molecule has 0 spiro atoms. The van der Waals surface area contributed by atoms with Gasteiger partial charge in [-0.1, -0.05) is 56.6 Å². The highest BCUT2D eigenvalue weighted by Gasteiger charge is 2.24.